The summed E-state index contributed by atoms with van der Waals surface area (Å²) < 4.78 is 10.6. The molecule has 0 radical (unpaired) electrons. The van der Waals surface area contributed by atoms with Gasteiger partial charge in [0, 0.05) is 18.7 Å². The van der Waals surface area contributed by atoms with Crippen LogP contribution in [0, 0.1) is 0 Å². The Balaban J connectivity index is 2.50. The molecule has 0 aromatic heterocycles. The lowest BCUT2D eigenvalue weighted by atomic mass is 10.2. The van der Waals surface area contributed by atoms with Crippen molar-refractivity contribution in [2.45, 2.75) is 26.5 Å². The zero-order chi connectivity index (χ0) is 13.5. The van der Waals surface area contributed by atoms with E-state index in [1.165, 1.54) is 0 Å². The molecule has 0 aliphatic heterocycles. The quantitative estimate of drug-likeness (QED) is 0.809. The molecule has 1 aromatic rings. The molecule has 0 fully saturated rings. The fraction of sp³-hybridized carbons (Fsp3) is 0.571. The average molecular weight is 253 g/mol. The van der Waals surface area contributed by atoms with Gasteiger partial charge in [-0.15, -0.1) is 0 Å². The fourth-order valence-corrected chi connectivity index (χ4v) is 1.63. The van der Waals surface area contributed by atoms with Gasteiger partial charge in [0.2, 0.25) is 0 Å². The summed E-state index contributed by atoms with van der Waals surface area (Å²) in [5.41, 5.74) is 0.862. The molecule has 1 aromatic carbocycles. The Labute approximate surface area is 109 Å². The molecular formula is C14H23NO3. The first-order chi connectivity index (χ1) is 8.52. The normalized spacial score (nSPS) is 11.2. The summed E-state index contributed by atoms with van der Waals surface area (Å²) in [7, 11) is 3.62. The van der Waals surface area contributed by atoms with Gasteiger partial charge in [0.05, 0.1) is 19.8 Å². The SMILES string of the molecule is COc1ccc(O)c(CN(C)CCOC(C)C)c1. The first-order valence-electron chi connectivity index (χ1n) is 6.19. The van der Waals surface area contributed by atoms with E-state index in [0.29, 0.717) is 18.9 Å². The van der Waals surface area contributed by atoms with Crippen molar-refractivity contribution >= 4 is 0 Å². The van der Waals surface area contributed by atoms with Crippen LogP contribution in [0.1, 0.15) is 19.4 Å². The smallest absolute Gasteiger partial charge is 0.120 e. The average Bonchev–Trinajstić information content (AvgIpc) is 2.31. The highest BCUT2D eigenvalue weighted by Gasteiger charge is 2.07. The lowest BCUT2D eigenvalue weighted by Gasteiger charge is -2.18. The molecule has 0 amide bonds. The molecule has 1 rings (SSSR count). The first kappa shape index (κ1) is 14.8. The van der Waals surface area contributed by atoms with Gasteiger partial charge in [0.25, 0.3) is 0 Å². The number of hydrogen-bond acceptors (Lipinski definition) is 4. The summed E-state index contributed by atoms with van der Waals surface area (Å²) in [5.74, 6) is 1.06. The molecule has 0 saturated heterocycles. The summed E-state index contributed by atoms with van der Waals surface area (Å²) in [6.45, 7) is 6.24. The fourth-order valence-electron chi connectivity index (χ4n) is 1.63. The maximum atomic E-state index is 9.78. The standard InChI is InChI=1S/C14H23NO3/c1-11(2)18-8-7-15(3)10-12-9-13(17-4)5-6-14(12)16/h5-6,9,11,16H,7-8,10H2,1-4H3. The minimum Gasteiger partial charge on any atom is -0.508 e. The predicted octanol–water partition coefficient (Wildman–Crippen LogP) is 2.26. The molecule has 0 heterocycles. The van der Waals surface area contributed by atoms with Gasteiger partial charge in [-0.05, 0) is 39.1 Å². The van der Waals surface area contributed by atoms with Gasteiger partial charge in [-0.25, -0.2) is 0 Å². The van der Waals surface area contributed by atoms with Gasteiger partial charge in [-0.1, -0.05) is 0 Å². The van der Waals surface area contributed by atoms with Crippen molar-refractivity contribution in [1.29, 1.82) is 0 Å². The van der Waals surface area contributed by atoms with Crippen molar-refractivity contribution < 1.29 is 14.6 Å². The predicted molar refractivity (Wildman–Crippen MR) is 72.1 cm³/mol. The van der Waals surface area contributed by atoms with Crippen LogP contribution in [-0.2, 0) is 11.3 Å². The molecule has 4 nitrogen and oxygen atoms in total. The summed E-state index contributed by atoms with van der Waals surface area (Å²) in [4.78, 5) is 2.11. The first-order valence-corrected chi connectivity index (χ1v) is 6.19. The van der Waals surface area contributed by atoms with Crippen molar-refractivity contribution in [3.8, 4) is 11.5 Å². The van der Waals surface area contributed by atoms with E-state index in [4.69, 9.17) is 9.47 Å². The third kappa shape index (κ3) is 4.94. The maximum Gasteiger partial charge on any atom is 0.120 e. The molecule has 0 spiro atoms. The summed E-state index contributed by atoms with van der Waals surface area (Å²) >= 11 is 0. The zero-order valence-corrected chi connectivity index (χ0v) is 11.6. The number of phenols is 1. The second-order valence-electron chi connectivity index (χ2n) is 4.65. The largest absolute Gasteiger partial charge is 0.508 e. The Hall–Kier alpha value is -1.26. The topological polar surface area (TPSA) is 41.9 Å². The van der Waals surface area contributed by atoms with Gasteiger partial charge < -0.3 is 14.6 Å². The van der Waals surface area contributed by atoms with Crippen molar-refractivity contribution in [1.82, 2.24) is 4.90 Å². The van der Waals surface area contributed by atoms with Crippen molar-refractivity contribution in [3.05, 3.63) is 23.8 Å². The number of phenolic OH excluding ortho intramolecular Hbond substituents is 1. The van der Waals surface area contributed by atoms with Gasteiger partial charge in [0.15, 0.2) is 0 Å². The van der Waals surface area contributed by atoms with E-state index in [1.54, 1.807) is 19.2 Å². The Bertz CT molecular complexity index is 366. The maximum absolute atomic E-state index is 9.78. The van der Waals surface area contributed by atoms with Gasteiger partial charge >= 0.3 is 0 Å². The van der Waals surface area contributed by atoms with Crippen LogP contribution in [0.3, 0.4) is 0 Å². The number of rotatable bonds is 7. The minimum absolute atomic E-state index is 0.253. The molecule has 0 bridgehead atoms. The van der Waals surface area contributed by atoms with Crippen LogP contribution in [0.15, 0.2) is 18.2 Å². The van der Waals surface area contributed by atoms with E-state index < -0.39 is 0 Å². The van der Waals surface area contributed by atoms with Gasteiger partial charge in [-0.2, -0.15) is 0 Å². The number of nitrogens with zero attached hydrogens (tertiary/aromatic N) is 1. The van der Waals surface area contributed by atoms with Crippen LogP contribution < -0.4 is 4.74 Å². The monoisotopic (exact) mass is 253 g/mol. The second kappa shape index (κ2) is 7.24. The zero-order valence-electron chi connectivity index (χ0n) is 11.6. The van der Waals surface area contributed by atoms with Gasteiger partial charge in [0.1, 0.15) is 11.5 Å². The lowest BCUT2D eigenvalue weighted by molar-refractivity contribution is 0.0626. The number of benzene rings is 1. The van der Waals surface area contributed by atoms with E-state index in [9.17, 15) is 5.11 Å². The van der Waals surface area contributed by atoms with Crippen molar-refractivity contribution in [3.63, 3.8) is 0 Å². The van der Waals surface area contributed by atoms with E-state index in [1.807, 2.05) is 27.0 Å². The lowest BCUT2D eigenvalue weighted by Crippen LogP contribution is -2.24. The molecule has 0 aliphatic rings. The van der Waals surface area contributed by atoms with Gasteiger partial charge in [-0.3, -0.25) is 4.90 Å². The van der Waals surface area contributed by atoms with Crippen LogP contribution in [0.2, 0.25) is 0 Å². The Kier molecular flexibility index (Phi) is 5.95. The second-order valence-corrected chi connectivity index (χ2v) is 4.65. The van der Waals surface area contributed by atoms with E-state index in [0.717, 1.165) is 17.9 Å². The number of aromatic hydroxyl groups is 1. The van der Waals surface area contributed by atoms with E-state index >= 15 is 0 Å². The Morgan fingerprint density at radius 2 is 2.06 bits per heavy atom. The van der Waals surface area contributed by atoms with E-state index in [-0.39, 0.29) is 6.10 Å². The summed E-state index contributed by atoms with van der Waals surface area (Å²) in [6, 6.07) is 5.27. The van der Waals surface area contributed by atoms with E-state index in [2.05, 4.69) is 4.90 Å². The highest BCUT2D eigenvalue weighted by atomic mass is 16.5. The molecule has 0 saturated carbocycles. The van der Waals surface area contributed by atoms with Crippen LogP contribution in [0.25, 0.3) is 0 Å². The molecular weight excluding hydrogens is 230 g/mol. The van der Waals surface area contributed by atoms with Crippen LogP contribution >= 0.6 is 0 Å². The van der Waals surface area contributed by atoms with Crippen LogP contribution in [-0.4, -0.2) is 43.4 Å². The highest BCUT2D eigenvalue weighted by Crippen LogP contribution is 2.23. The third-order valence-corrected chi connectivity index (χ3v) is 2.65. The molecule has 18 heavy (non-hydrogen) atoms. The number of ether oxygens (including phenoxy) is 2. The number of likely N-dealkylation sites (N-methyl/N-ethyl adjacent to an activating group) is 1. The molecule has 0 aliphatic carbocycles. The molecule has 4 heteroatoms. The molecule has 0 atom stereocenters. The van der Waals surface area contributed by atoms with Crippen molar-refractivity contribution in [2.24, 2.45) is 0 Å². The number of hydrogen-bond donors (Lipinski definition) is 1. The Morgan fingerprint density at radius 1 is 1.33 bits per heavy atom. The summed E-state index contributed by atoms with van der Waals surface area (Å²) in [5, 5.41) is 9.78. The Morgan fingerprint density at radius 3 is 2.67 bits per heavy atom. The minimum atomic E-state index is 0.253. The van der Waals surface area contributed by atoms with Crippen LogP contribution in [0.4, 0.5) is 0 Å². The highest BCUT2D eigenvalue weighted by molar-refractivity contribution is 5.39. The molecule has 1 N–H and O–H groups in total. The number of methoxy groups -OCH3 is 1. The molecule has 102 valence electrons. The third-order valence-electron chi connectivity index (χ3n) is 2.65. The molecule has 0 unspecified atom stereocenters. The van der Waals surface area contributed by atoms with Crippen molar-refractivity contribution in [2.75, 3.05) is 27.3 Å². The summed E-state index contributed by atoms with van der Waals surface area (Å²) in [6.07, 6.45) is 0.253. The van der Waals surface area contributed by atoms with Crippen LogP contribution in [0.5, 0.6) is 11.5 Å².